The molecule has 12 atom stereocenters. The molecule has 0 aromatic rings. The highest BCUT2D eigenvalue weighted by Crippen LogP contribution is 2.67. The average Bonchev–Trinajstić information content (AvgIpc) is 3.07. The second kappa shape index (κ2) is 9.00. The van der Waals surface area contributed by atoms with E-state index in [4.69, 9.17) is 0 Å². The number of hydrogen-bond donors (Lipinski definition) is 2. The summed E-state index contributed by atoms with van der Waals surface area (Å²) in [6, 6.07) is -0.130. The Kier molecular flexibility index (Phi) is 6.90. The van der Waals surface area contributed by atoms with Crippen molar-refractivity contribution in [3.63, 3.8) is 0 Å². The van der Waals surface area contributed by atoms with Gasteiger partial charge in [0, 0.05) is 12.3 Å². The number of carbonyl (C=O) groups is 1. The van der Waals surface area contributed by atoms with E-state index in [1.807, 2.05) is 0 Å². The molecule has 4 saturated carbocycles. The van der Waals surface area contributed by atoms with Gasteiger partial charge in [0.15, 0.2) is 0 Å². The fourth-order valence-corrected chi connectivity index (χ4v) is 9.27. The van der Waals surface area contributed by atoms with E-state index in [0.29, 0.717) is 60.6 Å². The fourth-order valence-electron chi connectivity index (χ4n) is 9.27. The summed E-state index contributed by atoms with van der Waals surface area (Å²) in [7, 11) is 0. The van der Waals surface area contributed by atoms with Crippen molar-refractivity contribution in [2.75, 3.05) is 0 Å². The molecule has 4 aliphatic carbocycles. The third-order valence-electron chi connectivity index (χ3n) is 11.6. The third-order valence-corrected chi connectivity index (χ3v) is 11.6. The van der Waals surface area contributed by atoms with Gasteiger partial charge in [-0.05, 0) is 97.2 Å². The maximum Gasteiger partial charge on any atom is 0.136 e. The summed E-state index contributed by atoms with van der Waals surface area (Å²) in [5, 5.41) is 24.3. The fraction of sp³-hybridized carbons (Fsp3) is 0.964. The summed E-state index contributed by atoms with van der Waals surface area (Å²) < 4.78 is 0. The van der Waals surface area contributed by atoms with Crippen LogP contribution in [0.2, 0.25) is 0 Å². The summed E-state index contributed by atoms with van der Waals surface area (Å²) >= 11 is 0. The Bertz CT molecular complexity index is 754. The molecule has 0 aliphatic heterocycles. The molecule has 188 valence electrons. The maximum absolute atomic E-state index is 13.3. The predicted molar refractivity (Wildman–Crippen MR) is 130 cm³/mol. The van der Waals surface area contributed by atoms with Gasteiger partial charge in [0.05, 0.1) is 18.2 Å². The summed E-state index contributed by atoms with van der Waals surface area (Å²) in [6.45, 7) is 13.4. The van der Waals surface area contributed by atoms with Gasteiger partial charge in [-0.15, -0.1) is 0 Å². The smallest absolute Gasteiger partial charge is 0.136 e. The van der Waals surface area contributed by atoms with Crippen LogP contribution in [0.15, 0.2) is 5.18 Å². The molecule has 33 heavy (non-hydrogen) atoms. The number of aliphatic hydroxyl groups excluding tert-OH is 2. The first-order valence-corrected chi connectivity index (χ1v) is 13.6. The van der Waals surface area contributed by atoms with E-state index in [-0.39, 0.29) is 28.7 Å². The number of aliphatic hydroxyl groups is 2. The van der Waals surface area contributed by atoms with Crippen molar-refractivity contribution in [3.05, 3.63) is 4.91 Å². The van der Waals surface area contributed by atoms with Crippen molar-refractivity contribution < 1.29 is 15.0 Å². The molecule has 0 spiro atoms. The highest BCUT2D eigenvalue weighted by atomic mass is 16.3. The summed E-state index contributed by atoms with van der Waals surface area (Å²) in [5.74, 6) is 3.23. The number of carbonyl (C=O) groups excluding carboxylic acids is 1. The van der Waals surface area contributed by atoms with Crippen LogP contribution in [-0.2, 0) is 4.79 Å². The Morgan fingerprint density at radius 2 is 1.67 bits per heavy atom. The second-order valence-corrected chi connectivity index (χ2v) is 13.4. The SMILES string of the molecule is CC(C)[C@H](C)[C@@H](N=O)C(C)C[C@H]1CCC2C3CC(=O)C4CC(O)C(O)C[C@]4(C)C3CCC21C. The minimum Gasteiger partial charge on any atom is -0.390 e. The van der Waals surface area contributed by atoms with Crippen LogP contribution in [0.5, 0.6) is 0 Å². The van der Waals surface area contributed by atoms with E-state index in [2.05, 4.69) is 46.7 Å². The van der Waals surface area contributed by atoms with Gasteiger partial charge in [-0.2, -0.15) is 4.91 Å². The summed E-state index contributed by atoms with van der Waals surface area (Å²) in [6.07, 6.45) is 5.86. The monoisotopic (exact) mass is 461 g/mol. The second-order valence-electron chi connectivity index (χ2n) is 13.4. The normalized spacial score (nSPS) is 47.9. The van der Waals surface area contributed by atoms with Crippen LogP contribution in [0.1, 0.15) is 92.9 Å². The molecule has 2 N–H and O–H groups in total. The molecule has 4 aliphatic rings. The van der Waals surface area contributed by atoms with Crippen LogP contribution < -0.4 is 0 Å². The molecular weight excluding hydrogens is 414 g/mol. The van der Waals surface area contributed by atoms with Gasteiger partial charge in [0.2, 0.25) is 0 Å². The van der Waals surface area contributed by atoms with Crippen LogP contribution in [-0.4, -0.2) is 34.2 Å². The van der Waals surface area contributed by atoms with E-state index in [0.717, 1.165) is 12.8 Å². The Balaban J connectivity index is 1.53. The Morgan fingerprint density at radius 1 is 1.00 bits per heavy atom. The van der Waals surface area contributed by atoms with E-state index >= 15 is 0 Å². The lowest BCUT2D eigenvalue weighted by molar-refractivity contribution is -0.173. The van der Waals surface area contributed by atoms with Crippen molar-refractivity contribution in [1.82, 2.24) is 0 Å². The van der Waals surface area contributed by atoms with E-state index in [1.54, 1.807) is 0 Å². The summed E-state index contributed by atoms with van der Waals surface area (Å²) in [4.78, 5) is 25.1. The minimum absolute atomic E-state index is 0.101. The predicted octanol–water partition coefficient (Wildman–Crippen LogP) is 5.61. The number of hydrogen-bond acceptors (Lipinski definition) is 5. The molecule has 0 saturated heterocycles. The first kappa shape index (κ1) is 25.3. The number of ketones is 1. The van der Waals surface area contributed by atoms with Crippen molar-refractivity contribution >= 4 is 5.78 Å². The first-order valence-electron chi connectivity index (χ1n) is 13.6. The van der Waals surface area contributed by atoms with Gasteiger partial charge >= 0.3 is 0 Å². The van der Waals surface area contributed by atoms with Crippen molar-refractivity contribution in [2.45, 2.75) is 111 Å². The van der Waals surface area contributed by atoms with E-state index < -0.39 is 12.2 Å². The largest absolute Gasteiger partial charge is 0.390 e. The molecular formula is C28H47NO4. The lowest BCUT2D eigenvalue weighted by atomic mass is 9.44. The molecule has 5 heteroatoms. The number of rotatable bonds is 6. The average molecular weight is 462 g/mol. The van der Waals surface area contributed by atoms with Crippen molar-refractivity contribution in [3.8, 4) is 0 Å². The maximum atomic E-state index is 13.3. The number of fused-ring (bicyclic) bond motifs is 5. The van der Waals surface area contributed by atoms with Gasteiger partial charge in [-0.1, -0.05) is 46.7 Å². The van der Waals surface area contributed by atoms with E-state index in [9.17, 15) is 19.9 Å². The molecule has 0 bridgehead atoms. The van der Waals surface area contributed by atoms with Gasteiger partial charge in [0.1, 0.15) is 5.78 Å². The number of nitroso groups, excluding NO2 is 1. The molecule has 0 aromatic carbocycles. The van der Waals surface area contributed by atoms with Gasteiger partial charge in [0.25, 0.3) is 0 Å². The Labute approximate surface area is 200 Å². The van der Waals surface area contributed by atoms with E-state index in [1.165, 1.54) is 19.3 Å². The van der Waals surface area contributed by atoms with Gasteiger partial charge < -0.3 is 10.2 Å². The van der Waals surface area contributed by atoms with Crippen LogP contribution in [0.25, 0.3) is 0 Å². The summed E-state index contributed by atoms with van der Waals surface area (Å²) in [5.41, 5.74) is 0.0325. The quantitative estimate of drug-likeness (QED) is 0.503. The topological polar surface area (TPSA) is 87.0 Å². The van der Waals surface area contributed by atoms with Gasteiger partial charge in [-0.3, -0.25) is 4.79 Å². The highest BCUT2D eigenvalue weighted by molar-refractivity contribution is 5.83. The highest BCUT2D eigenvalue weighted by Gasteiger charge is 2.63. The van der Waals surface area contributed by atoms with Crippen molar-refractivity contribution in [2.24, 2.45) is 63.4 Å². The zero-order valence-electron chi connectivity index (χ0n) is 21.7. The number of Topliss-reactive ketones (excluding diaryl/α,β-unsaturated/α-hetero) is 1. The van der Waals surface area contributed by atoms with Gasteiger partial charge in [-0.25, -0.2) is 0 Å². The van der Waals surface area contributed by atoms with Crippen LogP contribution in [0.3, 0.4) is 0 Å². The molecule has 0 amide bonds. The minimum atomic E-state index is -0.762. The lowest BCUT2D eigenvalue weighted by Gasteiger charge is -2.60. The standard InChI is InChI=1S/C28H47NO4/c1-15(2)17(4)26(29-33)16(3)11-18-7-8-20-19-12-23(30)22-13-24(31)25(32)14-28(22,6)21(19)9-10-27(18,20)5/h15-22,24-26,31-32H,7-14H2,1-6H3/t16?,17-,18+,19?,20?,21?,22?,24?,25?,26-,27?,28+/m0/s1. The van der Waals surface area contributed by atoms with Crippen LogP contribution in [0.4, 0.5) is 0 Å². The zero-order chi connectivity index (χ0) is 24.3. The Hall–Kier alpha value is -0.810. The zero-order valence-corrected chi connectivity index (χ0v) is 21.7. The molecule has 4 rings (SSSR count). The molecule has 5 nitrogen and oxygen atoms in total. The van der Waals surface area contributed by atoms with Crippen molar-refractivity contribution in [1.29, 1.82) is 0 Å². The number of nitrogens with zero attached hydrogens (tertiary/aromatic N) is 1. The third kappa shape index (κ3) is 4.03. The Morgan fingerprint density at radius 3 is 2.30 bits per heavy atom. The van der Waals surface area contributed by atoms with Crippen LogP contribution in [0, 0.1) is 63.1 Å². The molecule has 0 radical (unpaired) electrons. The van der Waals surface area contributed by atoms with Crippen LogP contribution >= 0.6 is 0 Å². The lowest BCUT2D eigenvalue weighted by Crippen LogP contribution is -2.59. The first-order chi connectivity index (χ1) is 15.4. The molecule has 4 fully saturated rings. The molecule has 8 unspecified atom stereocenters. The molecule has 0 aromatic heterocycles. The molecule has 0 heterocycles.